The van der Waals surface area contributed by atoms with Crippen LogP contribution in [0, 0.1) is 11.8 Å². The SMILES string of the molecule is C[C@@H](CC1CCC(F)(F)CC1)CC(C)(C)S(N)=O. The zero-order valence-corrected chi connectivity index (χ0v) is 12.4. The van der Waals surface area contributed by atoms with Crippen LogP contribution in [0.2, 0.25) is 0 Å². The fourth-order valence-electron chi connectivity index (χ4n) is 2.91. The van der Waals surface area contributed by atoms with Crippen LogP contribution in [0.15, 0.2) is 0 Å². The van der Waals surface area contributed by atoms with E-state index < -0.39 is 21.7 Å². The monoisotopic (exact) mass is 281 g/mol. The summed E-state index contributed by atoms with van der Waals surface area (Å²) in [5.74, 6) is -1.68. The molecule has 0 heterocycles. The van der Waals surface area contributed by atoms with Crippen LogP contribution < -0.4 is 5.14 Å². The number of nitrogens with two attached hydrogens (primary N) is 1. The third-order valence-electron chi connectivity index (χ3n) is 3.96. The van der Waals surface area contributed by atoms with Crippen molar-refractivity contribution in [3.63, 3.8) is 0 Å². The van der Waals surface area contributed by atoms with Gasteiger partial charge >= 0.3 is 0 Å². The molecule has 5 heteroatoms. The largest absolute Gasteiger partial charge is 0.251 e. The molecule has 0 bridgehead atoms. The van der Waals surface area contributed by atoms with E-state index >= 15 is 0 Å². The van der Waals surface area contributed by atoms with Gasteiger partial charge in [0.15, 0.2) is 0 Å². The summed E-state index contributed by atoms with van der Waals surface area (Å²) < 4.78 is 37.0. The minimum Gasteiger partial charge on any atom is -0.251 e. The molecule has 0 saturated heterocycles. The van der Waals surface area contributed by atoms with Crippen LogP contribution in [0.5, 0.6) is 0 Å². The lowest BCUT2D eigenvalue weighted by Gasteiger charge is -2.32. The molecule has 2 nitrogen and oxygen atoms in total. The van der Waals surface area contributed by atoms with E-state index in [2.05, 4.69) is 6.92 Å². The van der Waals surface area contributed by atoms with Gasteiger partial charge in [-0.05, 0) is 51.4 Å². The average Bonchev–Trinajstić information content (AvgIpc) is 2.20. The second kappa shape index (κ2) is 5.95. The molecule has 0 aliphatic heterocycles. The molecule has 108 valence electrons. The number of hydrogen-bond acceptors (Lipinski definition) is 1. The van der Waals surface area contributed by atoms with E-state index in [1.165, 1.54) is 0 Å². The van der Waals surface area contributed by atoms with Crippen LogP contribution in [0.3, 0.4) is 0 Å². The summed E-state index contributed by atoms with van der Waals surface area (Å²) >= 11 is 0. The van der Waals surface area contributed by atoms with Crippen molar-refractivity contribution in [3.8, 4) is 0 Å². The van der Waals surface area contributed by atoms with E-state index in [1.54, 1.807) is 0 Å². The van der Waals surface area contributed by atoms with Crippen molar-refractivity contribution in [2.45, 2.75) is 70.0 Å². The smallest absolute Gasteiger partial charge is 0.248 e. The second-order valence-electron chi connectivity index (χ2n) is 6.40. The van der Waals surface area contributed by atoms with E-state index in [0.29, 0.717) is 24.7 Å². The van der Waals surface area contributed by atoms with E-state index in [9.17, 15) is 13.0 Å². The molecule has 2 atom stereocenters. The zero-order valence-electron chi connectivity index (χ0n) is 11.5. The van der Waals surface area contributed by atoms with Crippen LogP contribution in [0.4, 0.5) is 8.78 Å². The highest BCUT2D eigenvalue weighted by Crippen LogP contribution is 2.39. The Morgan fingerprint density at radius 3 is 2.33 bits per heavy atom. The van der Waals surface area contributed by atoms with E-state index in [-0.39, 0.29) is 12.8 Å². The highest BCUT2D eigenvalue weighted by atomic mass is 32.2. The molecular weight excluding hydrogens is 256 g/mol. The third kappa shape index (κ3) is 4.92. The second-order valence-corrected chi connectivity index (χ2v) is 8.10. The Morgan fingerprint density at radius 2 is 1.89 bits per heavy atom. The number of rotatable bonds is 5. The number of halogens is 2. The normalized spacial score (nSPS) is 24.8. The van der Waals surface area contributed by atoms with Crippen LogP contribution >= 0.6 is 0 Å². The molecule has 1 aliphatic carbocycles. The summed E-state index contributed by atoms with van der Waals surface area (Å²) in [7, 11) is -1.34. The van der Waals surface area contributed by atoms with E-state index in [0.717, 1.165) is 12.8 Å². The van der Waals surface area contributed by atoms with Gasteiger partial charge in [0, 0.05) is 12.8 Å². The van der Waals surface area contributed by atoms with Gasteiger partial charge in [-0.25, -0.2) is 13.0 Å². The minimum atomic E-state index is -2.45. The van der Waals surface area contributed by atoms with Crippen molar-refractivity contribution in [2.75, 3.05) is 0 Å². The van der Waals surface area contributed by atoms with Crippen molar-refractivity contribution in [1.29, 1.82) is 0 Å². The molecule has 0 spiro atoms. The summed E-state index contributed by atoms with van der Waals surface area (Å²) in [4.78, 5) is 0. The summed E-state index contributed by atoms with van der Waals surface area (Å²) in [6.45, 7) is 5.89. The molecular formula is C13H25F2NOS. The lowest BCUT2D eigenvalue weighted by atomic mass is 9.80. The molecule has 0 amide bonds. The van der Waals surface area contributed by atoms with Gasteiger partial charge in [0.05, 0.1) is 15.7 Å². The maximum atomic E-state index is 13.0. The Morgan fingerprint density at radius 1 is 1.39 bits per heavy atom. The van der Waals surface area contributed by atoms with E-state index in [4.69, 9.17) is 5.14 Å². The molecule has 1 aliphatic rings. The number of alkyl halides is 2. The Balaban J connectivity index is 2.38. The van der Waals surface area contributed by atoms with Crippen molar-refractivity contribution in [2.24, 2.45) is 17.0 Å². The first kappa shape index (κ1) is 16.0. The van der Waals surface area contributed by atoms with Gasteiger partial charge in [0.2, 0.25) is 5.92 Å². The Bertz CT molecular complexity index is 297. The highest BCUT2D eigenvalue weighted by molar-refractivity contribution is 7.84. The lowest BCUT2D eigenvalue weighted by Crippen LogP contribution is -2.34. The maximum Gasteiger partial charge on any atom is 0.248 e. The van der Waals surface area contributed by atoms with Gasteiger partial charge in [-0.1, -0.05) is 6.92 Å². The van der Waals surface area contributed by atoms with Gasteiger partial charge in [-0.2, -0.15) is 0 Å². The lowest BCUT2D eigenvalue weighted by molar-refractivity contribution is -0.0479. The Kier molecular flexibility index (Phi) is 5.30. The summed E-state index contributed by atoms with van der Waals surface area (Å²) in [6.07, 6.45) is 3.00. The first-order valence-corrected chi connectivity index (χ1v) is 7.88. The average molecular weight is 281 g/mol. The van der Waals surface area contributed by atoms with E-state index in [1.807, 2.05) is 13.8 Å². The molecule has 1 rings (SSSR count). The Hall–Kier alpha value is -0.0300. The molecule has 0 aromatic heterocycles. The highest BCUT2D eigenvalue weighted by Gasteiger charge is 2.36. The fraction of sp³-hybridized carbons (Fsp3) is 1.00. The predicted octanol–water partition coefficient (Wildman–Crippen LogP) is 3.63. The molecule has 1 saturated carbocycles. The van der Waals surface area contributed by atoms with Crippen LogP contribution in [0.25, 0.3) is 0 Å². The molecule has 0 aromatic rings. The minimum absolute atomic E-state index is 0.0244. The zero-order chi connectivity index (χ0) is 14.0. The van der Waals surface area contributed by atoms with Crippen LogP contribution in [0.1, 0.15) is 59.3 Å². The molecule has 18 heavy (non-hydrogen) atoms. The molecule has 0 radical (unpaired) electrons. The van der Waals surface area contributed by atoms with Gasteiger partial charge in [-0.3, -0.25) is 5.14 Å². The molecule has 1 fully saturated rings. The molecule has 2 N–H and O–H groups in total. The fourth-order valence-corrected chi connectivity index (χ4v) is 3.36. The number of hydrogen-bond donors (Lipinski definition) is 1. The van der Waals surface area contributed by atoms with Gasteiger partial charge < -0.3 is 0 Å². The molecule has 0 aromatic carbocycles. The van der Waals surface area contributed by atoms with Crippen molar-refractivity contribution in [1.82, 2.24) is 0 Å². The molecule has 1 unspecified atom stereocenters. The summed E-state index contributed by atoms with van der Waals surface area (Å²) in [5.41, 5.74) is 0. The first-order chi connectivity index (χ1) is 8.12. The quantitative estimate of drug-likeness (QED) is 0.821. The Labute approximate surface area is 111 Å². The van der Waals surface area contributed by atoms with Gasteiger partial charge in [0.1, 0.15) is 0 Å². The maximum absolute atomic E-state index is 13.0. The topological polar surface area (TPSA) is 43.1 Å². The van der Waals surface area contributed by atoms with Crippen LogP contribution in [-0.4, -0.2) is 14.9 Å². The van der Waals surface area contributed by atoms with Gasteiger partial charge in [0.25, 0.3) is 0 Å². The van der Waals surface area contributed by atoms with Gasteiger partial charge in [-0.15, -0.1) is 0 Å². The van der Waals surface area contributed by atoms with Crippen molar-refractivity contribution >= 4 is 11.0 Å². The van der Waals surface area contributed by atoms with Crippen molar-refractivity contribution < 1.29 is 13.0 Å². The standard InChI is InChI=1S/C13H25F2NOS/c1-10(9-12(2,3)18(16)17)8-11-4-6-13(14,15)7-5-11/h10-11H,4-9,16H2,1-3H3/t10-,18?/m0/s1. The predicted molar refractivity (Wildman–Crippen MR) is 71.7 cm³/mol. The first-order valence-electron chi connectivity index (χ1n) is 6.66. The van der Waals surface area contributed by atoms with Crippen molar-refractivity contribution in [3.05, 3.63) is 0 Å². The van der Waals surface area contributed by atoms with Crippen LogP contribution in [-0.2, 0) is 11.0 Å². The summed E-state index contributed by atoms with van der Waals surface area (Å²) in [5, 5.41) is 5.46. The third-order valence-corrected chi connectivity index (χ3v) is 5.21. The summed E-state index contributed by atoms with van der Waals surface area (Å²) in [6, 6.07) is 0.